The molecule has 0 fully saturated rings. The van der Waals surface area contributed by atoms with E-state index in [1.54, 1.807) is 29.6 Å². The van der Waals surface area contributed by atoms with Gasteiger partial charge in [-0.2, -0.15) is 13.2 Å². The summed E-state index contributed by atoms with van der Waals surface area (Å²) in [7, 11) is 0. The van der Waals surface area contributed by atoms with Gasteiger partial charge in [0, 0.05) is 12.2 Å². The van der Waals surface area contributed by atoms with E-state index in [1.165, 1.54) is 6.08 Å². The standard InChI is InChI=1S/C15H13F3N2O4/c1-9(14(22)19-8-15(16,17)18)23-13(21)7-6-12-20-10-4-2-3-5-11(10)24-12/h2-7,9H,8H2,1H3,(H,19,22)/b7-6+. The van der Waals surface area contributed by atoms with Gasteiger partial charge in [-0.05, 0) is 19.1 Å². The lowest BCUT2D eigenvalue weighted by Gasteiger charge is -2.13. The zero-order valence-corrected chi connectivity index (χ0v) is 12.5. The molecule has 128 valence electrons. The zero-order valence-electron chi connectivity index (χ0n) is 12.5. The first-order valence-corrected chi connectivity index (χ1v) is 6.83. The summed E-state index contributed by atoms with van der Waals surface area (Å²) in [5, 5.41) is 1.62. The van der Waals surface area contributed by atoms with Gasteiger partial charge < -0.3 is 14.5 Å². The van der Waals surface area contributed by atoms with E-state index in [4.69, 9.17) is 9.15 Å². The number of alkyl halides is 3. The number of esters is 1. The number of hydrogen-bond acceptors (Lipinski definition) is 5. The Morgan fingerprint density at radius 2 is 2.08 bits per heavy atom. The highest BCUT2D eigenvalue weighted by atomic mass is 19.4. The molecule has 0 bridgehead atoms. The predicted molar refractivity (Wildman–Crippen MR) is 77.7 cm³/mol. The molecule has 0 spiro atoms. The number of fused-ring (bicyclic) bond motifs is 1. The molecule has 9 heteroatoms. The van der Waals surface area contributed by atoms with Crippen LogP contribution in [0, 0.1) is 0 Å². The maximum absolute atomic E-state index is 12.0. The van der Waals surface area contributed by atoms with Crippen LogP contribution in [0.4, 0.5) is 13.2 Å². The van der Waals surface area contributed by atoms with Crippen molar-refractivity contribution in [3.05, 3.63) is 36.2 Å². The van der Waals surface area contributed by atoms with Crippen LogP contribution in [0.25, 0.3) is 17.2 Å². The summed E-state index contributed by atoms with van der Waals surface area (Å²) in [5.74, 6) is -1.80. The molecule has 0 aliphatic rings. The Hall–Kier alpha value is -2.84. The lowest BCUT2D eigenvalue weighted by molar-refractivity contribution is -0.154. The topological polar surface area (TPSA) is 81.4 Å². The van der Waals surface area contributed by atoms with Crippen LogP contribution in [-0.2, 0) is 14.3 Å². The number of carbonyl (C=O) groups excluding carboxylic acids is 2. The van der Waals surface area contributed by atoms with Crippen molar-refractivity contribution in [3.8, 4) is 0 Å². The molecule has 1 N–H and O–H groups in total. The molecular weight excluding hydrogens is 329 g/mol. The summed E-state index contributed by atoms with van der Waals surface area (Å²) >= 11 is 0. The van der Waals surface area contributed by atoms with Crippen molar-refractivity contribution in [2.75, 3.05) is 6.54 Å². The van der Waals surface area contributed by atoms with Gasteiger partial charge in [0.25, 0.3) is 5.91 Å². The molecule has 1 heterocycles. The van der Waals surface area contributed by atoms with Crippen molar-refractivity contribution in [2.24, 2.45) is 0 Å². The predicted octanol–water partition coefficient (Wildman–Crippen LogP) is 2.45. The van der Waals surface area contributed by atoms with Crippen LogP contribution in [0.2, 0.25) is 0 Å². The Morgan fingerprint density at radius 3 is 2.75 bits per heavy atom. The summed E-state index contributed by atoms with van der Waals surface area (Å²) in [6.07, 6.45) is -3.69. The van der Waals surface area contributed by atoms with Crippen molar-refractivity contribution in [2.45, 2.75) is 19.2 Å². The molecule has 0 saturated carbocycles. The van der Waals surface area contributed by atoms with Crippen LogP contribution >= 0.6 is 0 Å². The Balaban J connectivity index is 1.88. The Bertz CT molecular complexity index is 734. The Kier molecular flexibility index (Phi) is 5.22. The Morgan fingerprint density at radius 1 is 1.38 bits per heavy atom. The van der Waals surface area contributed by atoms with E-state index in [1.807, 2.05) is 0 Å². The maximum Gasteiger partial charge on any atom is 0.405 e. The number of hydrogen-bond donors (Lipinski definition) is 1. The lowest BCUT2D eigenvalue weighted by atomic mass is 10.3. The number of nitrogens with one attached hydrogen (secondary N) is 1. The van der Waals surface area contributed by atoms with Gasteiger partial charge >= 0.3 is 12.1 Å². The number of benzene rings is 1. The molecule has 2 aromatic rings. The number of halogens is 3. The first kappa shape index (κ1) is 17.5. The molecule has 0 aliphatic carbocycles. The third kappa shape index (κ3) is 5.11. The summed E-state index contributed by atoms with van der Waals surface area (Å²) in [4.78, 5) is 27.0. The summed E-state index contributed by atoms with van der Waals surface area (Å²) in [5.41, 5.74) is 1.14. The van der Waals surface area contributed by atoms with E-state index in [0.29, 0.717) is 11.1 Å². The van der Waals surface area contributed by atoms with Gasteiger partial charge in [0.15, 0.2) is 11.7 Å². The molecule has 1 unspecified atom stereocenters. The SMILES string of the molecule is CC(OC(=O)/C=C/c1nc2ccccc2o1)C(=O)NCC(F)(F)F. The van der Waals surface area contributed by atoms with E-state index >= 15 is 0 Å². The van der Waals surface area contributed by atoms with Crippen LogP contribution in [-0.4, -0.2) is 35.7 Å². The average molecular weight is 342 g/mol. The summed E-state index contributed by atoms with van der Waals surface area (Å²) < 4.78 is 46.0. The van der Waals surface area contributed by atoms with Crippen molar-refractivity contribution in [1.82, 2.24) is 10.3 Å². The molecule has 0 radical (unpaired) electrons. The fourth-order valence-corrected chi connectivity index (χ4v) is 1.70. The molecule has 1 atom stereocenters. The molecule has 6 nitrogen and oxygen atoms in total. The van der Waals surface area contributed by atoms with Gasteiger partial charge in [0.2, 0.25) is 5.89 Å². The molecular formula is C15H13F3N2O4. The number of rotatable bonds is 5. The number of ether oxygens (including phenoxy) is 1. The van der Waals surface area contributed by atoms with Crippen molar-refractivity contribution >= 4 is 29.1 Å². The van der Waals surface area contributed by atoms with Gasteiger partial charge in [-0.15, -0.1) is 0 Å². The van der Waals surface area contributed by atoms with Gasteiger partial charge in [-0.3, -0.25) is 4.79 Å². The molecule has 0 aliphatic heterocycles. The van der Waals surface area contributed by atoms with E-state index < -0.39 is 30.7 Å². The van der Waals surface area contributed by atoms with Crippen LogP contribution < -0.4 is 5.32 Å². The van der Waals surface area contributed by atoms with E-state index in [9.17, 15) is 22.8 Å². The number of para-hydroxylation sites is 2. The second-order valence-electron chi connectivity index (χ2n) is 4.77. The minimum absolute atomic E-state index is 0.155. The number of nitrogens with zero attached hydrogens (tertiary/aromatic N) is 1. The Labute approximate surface area is 134 Å². The van der Waals surface area contributed by atoms with Crippen LogP contribution in [0.15, 0.2) is 34.8 Å². The fourth-order valence-electron chi connectivity index (χ4n) is 1.70. The second kappa shape index (κ2) is 7.16. The van der Waals surface area contributed by atoms with Gasteiger partial charge in [-0.25, -0.2) is 9.78 Å². The molecule has 2 rings (SSSR count). The lowest BCUT2D eigenvalue weighted by Crippen LogP contribution is -2.40. The third-order valence-electron chi connectivity index (χ3n) is 2.80. The van der Waals surface area contributed by atoms with Crippen LogP contribution in [0.3, 0.4) is 0 Å². The van der Waals surface area contributed by atoms with Gasteiger partial charge in [-0.1, -0.05) is 12.1 Å². The number of oxazole rings is 1. The number of carbonyl (C=O) groups is 2. The highest BCUT2D eigenvalue weighted by Gasteiger charge is 2.29. The molecule has 0 saturated heterocycles. The zero-order chi connectivity index (χ0) is 17.7. The highest BCUT2D eigenvalue weighted by molar-refractivity contribution is 5.90. The molecule has 1 aromatic heterocycles. The van der Waals surface area contributed by atoms with Crippen molar-refractivity contribution in [1.29, 1.82) is 0 Å². The van der Waals surface area contributed by atoms with Crippen LogP contribution in [0.1, 0.15) is 12.8 Å². The van der Waals surface area contributed by atoms with E-state index in [-0.39, 0.29) is 5.89 Å². The first-order chi connectivity index (χ1) is 11.2. The number of aromatic nitrogens is 1. The average Bonchev–Trinajstić information content (AvgIpc) is 2.92. The minimum atomic E-state index is -4.54. The first-order valence-electron chi connectivity index (χ1n) is 6.83. The van der Waals surface area contributed by atoms with Gasteiger partial charge in [0.05, 0.1) is 0 Å². The van der Waals surface area contributed by atoms with Crippen LogP contribution in [0.5, 0.6) is 0 Å². The third-order valence-corrected chi connectivity index (χ3v) is 2.80. The number of amides is 1. The molecule has 1 aromatic carbocycles. The smallest absolute Gasteiger partial charge is 0.405 e. The molecule has 1 amide bonds. The summed E-state index contributed by atoms with van der Waals surface area (Å²) in [6, 6.07) is 6.96. The van der Waals surface area contributed by atoms with E-state index in [0.717, 1.165) is 13.0 Å². The molecule has 24 heavy (non-hydrogen) atoms. The van der Waals surface area contributed by atoms with E-state index in [2.05, 4.69) is 4.98 Å². The second-order valence-corrected chi connectivity index (χ2v) is 4.77. The highest BCUT2D eigenvalue weighted by Crippen LogP contribution is 2.15. The monoisotopic (exact) mass is 342 g/mol. The van der Waals surface area contributed by atoms with Gasteiger partial charge in [0.1, 0.15) is 12.1 Å². The van der Waals surface area contributed by atoms with Crippen molar-refractivity contribution in [3.63, 3.8) is 0 Å². The quantitative estimate of drug-likeness (QED) is 0.667. The normalized spacial score (nSPS) is 13.2. The fraction of sp³-hybridized carbons (Fsp3) is 0.267. The maximum atomic E-state index is 12.0. The summed E-state index contributed by atoms with van der Waals surface area (Å²) in [6.45, 7) is -0.330. The minimum Gasteiger partial charge on any atom is -0.449 e. The largest absolute Gasteiger partial charge is 0.449 e. The van der Waals surface area contributed by atoms with Crippen molar-refractivity contribution < 1.29 is 31.9 Å².